The molecular weight excluding hydrogens is 338 g/mol. The maximum Gasteiger partial charge on any atom is 0.151 e. The molecule has 1 aromatic heterocycles. The second-order valence-electron chi connectivity index (χ2n) is 5.90. The lowest BCUT2D eigenvalue weighted by Gasteiger charge is -2.11. The van der Waals surface area contributed by atoms with Crippen LogP contribution in [-0.4, -0.2) is 22.8 Å². The molecule has 0 atom stereocenters. The molecule has 138 valence electrons. The molecular formula is C22H23N3O2. The lowest BCUT2D eigenvalue weighted by Crippen LogP contribution is -2.01. The molecule has 3 rings (SSSR count). The Bertz CT molecular complexity index is 1010. The summed E-state index contributed by atoms with van der Waals surface area (Å²) in [5.74, 6) is 2.10. The average molecular weight is 361 g/mol. The van der Waals surface area contributed by atoms with Gasteiger partial charge in [-0.1, -0.05) is 12.1 Å². The Morgan fingerprint density at radius 1 is 1.11 bits per heavy atom. The van der Waals surface area contributed by atoms with Gasteiger partial charge in [-0.2, -0.15) is 5.26 Å². The Morgan fingerprint density at radius 3 is 2.59 bits per heavy atom. The van der Waals surface area contributed by atoms with Crippen molar-refractivity contribution in [3.05, 3.63) is 53.9 Å². The molecule has 27 heavy (non-hydrogen) atoms. The van der Waals surface area contributed by atoms with Gasteiger partial charge in [-0.05, 0) is 51.1 Å². The highest BCUT2D eigenvalue weighted by Gasteiger charge is 2.14. The van der Waals surface area contributed by atoms with Gasteiger partial charge in [-0.3, -0.25) is 0 Å². The third-order valence-electron chi connectivity index (χ3n) is 4.23. The number of imidazole rings is 1. The summed E-state index contributed by atoms with van der Waals surface area (Å²) in [6.45, 7) is 7.78. The highest BCUT2D eigenvalue weighted by Crippen LogP contribution is 2.30. The highest BCUT2D eigenvalue weighted by atomic mass is 16.5. The Labute approximate surface area is 159 Å². The van der Waals surface area contributed by atoms with E-state index < -0.39 is 0 Å². The first kappa shape index (κ1) is 18.5. The van der Waals surface area contributed by atoms with Crippen LogP contribution in [0.4, 0.5) is 0 Å². The number of hydrogen-bond donors (Lipinski definition) is 0. The third-order valence-corrected chi connectivity index (χ3v) is 4.23. The number of hydrogen-bond acceptors (Lipinski definition) is 4. The molecule has 3 aromatic rings. The van der Waals surface area contributed by atoms with Crippen LogP contribution in [0.5, 0.6) is 11.5 Å². The zero-order valence-corrected chi connectivity index (χ0v) is 15.9. The molecule has 5 heteroatoms. The standard InChI is InChI=1S/C22H23N3O2/c1-4-25-20-10-8-7-9-19(20)24-22(25)17(15-23)13-16-11-12-18(26-5-2)14-21(16)27-6-3/h7-14H,4-6H2,1-3H3/b17-13-. The van der Waals surface area contributed by atoms with E-state index in [1.54, 1.807) is 0 Å². The van der Waals surface area contributed by atoms with E-state index in [-0.39, 0.29) is 0 Å². The minimum Gasteiger partial charge on any atom is -0.494 e. The number of ether oxygens (including phenoxy) is 2. The Kier molecular flexibility index (Phi) is 5.77. The van der Waals surface area contributed by atoms with Crippen molar-refractivity contribution >= 4 is 22.7 Å². The first-order chi connectivity index (χ1) is 13.2. The number of benzene rings is 2. The zero-order chi connectivity index (χ0) is 19.2. The summed E-state index contributed by atoms with van der Waals surface area (Å²) in [4.78, 5) is 4.68. The van der Waals surface area contributed by atoms with Crippen LogP contribution >= 0.6 is 0 Å². The van der Waals surface area contributed by atoms with Gasteiger partial charge in [-0.15, -0.1) is 0 Å². The summed E-state index contributed by atoms with van der Waals surface area (Å²) >= 11 is 0. The highest BCUT2D eigenvalue weighted by molar-refractivity contribution is 5.91. The fourth-order valence-electron chi connectivity index (χ4n) is 3.07. The van der Waals surface area contributed by atoms with Crippen molar-refractivity contribution in [3.8, 4) is 17.6 Å². The Morgan fingerprint density at radius 2 is 1.89 bits per heavy atom. The van der Waals surface area contributed by atoms with Gasteiger partial charge < -0.3 is 14.0 Å². The van der Waals surface area contributed by atoms with Crippen LogP contribution in [0.2, 0.25) is 0 Å². The number of para-hydroxylation sites is 2. The molecule has 0 radical (unpaired) electrons. The molecule has 1 heterocycles. The quantitative estimate of drug-likeness (QED) is 0.561. The monoisotopic (exact) mass is 361 g/mol. The van der Waals surface area contributed by atoms with Gasteiger partial charge in [0.05, 0.1) is 29.8 Å². The van der Waals surface area contributed by atoms with E-state index in [4.69, 9.17) is 9.47 Å². The minimum atomic E-state index is 0.498. The molecule has 0 amide bonds. The van der Waals surface area contributed by atoms with E-state index >= 15 is 0 Å². The summed E-state index contributed by atoms with van der Waals surface area (Å²) in [5.41, 5.74) is 3.23. The summed E-state index contributed by atoms with van der Waals surface area (Å²) in [5, 5.41) is 9.81. The van der Waals surface area contributed by atoms with Gasteiger partial charge in [-0.25, -0.2) is 4.98 Å². The molecule has 0 aliphatic carbocycles. The first-order valence-corrected chi connectivity index (χ1v) is 9.18. The van der Waals surface area contributed by atoms with Crippen LogP contribution in [0.25, 0.3) is 22.7 Å². The average Bonchev–Trinajstić information content (AvgIpc) is 3.06. The molecule has 0 N–H and O–H groups in total. The van der Waals surface area contributed by atoms with Gasteiger partial charge in [0.25, 0.3) is 0 Å². The molecule has 0 saturated heterocycles. The minimum absolute atomic E-state index is 0.498. The van der Waals surface area contributed by atoms with Crippen LogP contribution in [0.15, 0.2) is 42.5 Å². The number of aromatic nitrogens is 2. The second-order valence-corrected chi connectivity index (χ2v) is 5.90. The van der Waals surface area contributed by atoms with Crippen molar-refractivity contribution in [1.29, 1.82) is 5.26 Å². The normalized spacial score (nSPS) is 11.4. The van der Waals surface area contributed by atoms with E-state index in [0.717, 1.165) is 28.9 Å². The molecule has 5 nitrogen and oxygen atoms in total. The van der Waals surface area contributed by atoms with Gasteiger partial charge in [0.2, 0.25) is 0 Å². The fourth-order valence-corrected chi connectivity index (χ4v) is 3.07. The molecule has 2 aromatic carbocycles. The summed E-state index contributed by atoms with van der Waals surface area (Å²) in [6, 6.07) is 15.9. The Balaban J connectivity index is 2.11. The maximum absolute atomic E-state index is 9.81. The Hall–Kier alpha value is -3.26. The summed E-state index contributed by atoms with van der Waals surface area (Å²) in [6.07, 6.45) is 1.83. The molecule has 0 saturated carbocycles. The number of allylic oxidation sites excluding steroid dienone is 1. The van der Waals surface area contributed by atoms with Crippen LogP contribution < -0.4 is 9.47 Å². The topological polar surface area (TPSA) is 60.1 Å². The molecule has 0 bridgehead atoms. The lowest BCUT2D eigenvalue weighted by molar-refractivity contribution is 0.322. The van der Waals surface area contributed by atoms with Crippen LogP contribution in [0.1, 0.15) is 32.2 Å². The van der Waals surface area contributed by atoms with Crippen molar-refractivity contribution in [2.45, 2.75) is 27.3 Å². The fraction of sp³-hybridized carbons (Fsp3) is 0.273. The molecule has 0 unspecified atom stereocenters. The second kappa shape index (κ2) is 8.41. The van der Waals surface area contributed by atoms with Gasteiger partial charge in [0, 0.05) is 18.2 Å². The number of rotatable bonds is 7. The molecule has 0 aliphatic rings. The third kappa shape index (κ3) is 3.80. The van der Waals surface area contributed by atoms with E-state index in [9.17, 15) is 5.26 Å². The predicted molar refractivity (Wildman–Crippen MR) is 108 cm³/mol. The van der Waals surface area contributed by atoms with Crippen LogP contribution in [-0.2, 0) is 6.54 Å². The van der Waals surface area contributed by atoms with Crippen molar-refractivity contribution < 1.29 is 9.47 Å². The number of aryl methyl sites for hydroxylation is 1. The van der Waals surface area contributed by atoms with Crippen molar-refractivity contribution in [2.75, 3.05) is 13.2 Å². The SMILES string of the molecule is CCOc1ccc(/C=C(/C#N)c2nc3ccccc3n2CC)c(OCC)c1. The smallest absolute Gasteiger partial charge is 0.151 e. The number of nitrogens with zero attached hydrogens (tertiary/aromatic N) is 3. The van der Waals surface area contributed by atoms with Crippen molar-refractivity contribution in [3.63, 3.8) is 0 Å². The van der Waals surface area contributed by atoms with Gasteiger partial charge in [0.15, 0.2) is 5.82 Å². The number of fused-ring (bicyclic) bond motifs is 1. The van der Waals surface area contributed by atoms with E-state index in [0.29, 0.717) is 30.4 Å². The van der Waals surface area contributed by atoms with Gasteiger partial charge in [0.1, 0.15) is 17.6 Å². The zero-order valence-electron chi connectivity index (χ0n) is 15.9. The molecule has 0 spiro atoms. The molecule has 0 aliphatic heterocycles. The van der Waals surface area contributed by atoms with Gasteiger partial charge >= 0.3 is 0 Å². The van der Waals surface area contributed by atoms with Crippen LogP contribution in [0.3, 0.4) is 0 Å². The number of nitriles is 1. The van der Waals surface area contributed by atoms with Crippen molar-refractivity contribution in [1.82, 2.24) is 9.55 Å². The largest absolute Gasteiger partial charge is 0.494 e. The van der Waals surface area contributed by atoms with Crippen molar-refractivity contribution in [2.24, 2.45) is 0 Å². The summed E-state index contributed by atoms with van der Waals surface area (Å²) in [7, 11) is 0. The van der Waals surface area contributed by atoms with E-state index in [2.05, 4.69) is 22.5 Å². The van der Waals surface area contributed by atoms with E-state index in [1.807, 2.05) is 62.4 Å². The molecule has 0 fully saturated rings. The van der Waals surface area contributed by atoms with Crippen LogP contribution in [0, 0.1) is 11.3 Å². The predicted octanol–water partition coefficient (Wildman–Crippen LogP) is 4.92. The van der Waals surface area contributed by atoms with E-state index in [1.165, 1.54) is 0 Å². The lowest BCUT2D eigenvalue weighted by atomic mass is 10.1. The summed E-state index contributed by atoms with van der Waals surface area (Å²) < 4.78 is 13.4. The maximum atomic E-state index is 9.81. The first-order valence-electron chi connectivity index (χ1n) is 9.18.